The fourth-order valence-corrected chi connectivity index (χ4v) is 2.73. The van der Waals surface area contributed by atoms with Crippen LogP contribution in [0.4, 0.5) is 4.79 Å². The predicted octanol–water partition coefficient (Wildman–Crippen LogP) is 4.25. The van der Waals surface area contributed by atoms with E-state index >= 15 is 0 Å². The number of nitrogens with zero attached hydrogens (tertiary/aromatic N) is 1. The number of hydrogen-bond donors (Lipinski definition) is 1. The quantitative estimate of drug-likeness (QED) is 0.903. The standard InChI is InChI=1S/C19H28N2O2/c1-14(20-18(22)23-19(3,4)5)17-11-12-21(13-17)15(2)16-9-7-6-8-10-16/h6-10,13-15H,11-12H2,1-5H3,(H,20,22)/t14-,15-/m0/s1. The minimum absolute atomic E-state index is 0.0159. The first-order valence-corrected chi connectivity index (χ1v) is 8.27. The Labute approximate surface area is 139 Å². The van der Waals surface area contributed by atoms with Crippen molar-refractivity contribution in [1.82, 2.24) is 10.2 Å². The normalized spacial score (nSPS) is 17.4. The molecule has 0 aromatic heterocycles. The SMILES string of the molecule is C[C@H](NC(=O)OC(C)(C)C)C1=CN([C@@H](C)c2ccccc2)CC1. The van der Waals surface area contributed by atoms with E-state index in [-0.39, 0.29) is 12.1 Å². The van der Waals surface area contributed by atoms with Gasteiger partial charge in [0, 0.05) is 12.7 Å². The van der Waals surface area contributed by atoms with Crippen LogP contribution in [0, 0.1) is 0 Å². The number of alkyl carbamates (subject to hydrolysis) is 1. The predicted molar refractivity (Wildman–Crippen MR) is 93.1 cm³/mol. The molecule has 1 aromatic carbocycles. The van der Waals surface area contributed by atoms with Gasteiger partial charge in [-0.2, -0.15) is 0 Å². The van der Waals surface area contributed by atoms with Crippen molar-refractivity contribution in [2.45, 2.75) is 58.7 Å². The molecule has 0 saturated carbocycles. The van der Waals surface area contributed by atoms with Crippen LogP contribution in [0.2, 0.25) is 0 Å². The molecule has 0 unspecified atom stereocenters. The van der Waals surface area contributed by atoms with Crippen LogP contribution in [0.15, 0.2) is 42.1 Å². The Kier molecular flexibility index (Phi) is 5.34. The third-order valence-corrected chi connectivity index (χ3v) is 4.06. The summed E-state index contributed by atoms with van der Waals surface area (Å²) in [6.45, 7) is 10.8. The monoisotopic (exact) mass is 316 g/mol. The fourth-order valence-electron chi connectivity index (χ4n) is 2.73. The molecule has 2 atom stereocenters. The Morgan fingerprint density at radius 1 is 1.22 bits per heavy atom. The number of benzene rings is 1. The molecule has 1 aromatic rings. The molecule has 1 aliphatic heterocycles. The Bertz CT molecular complexity index is 560. The minimum Gasteiger partial charge on any atom is -0.444 e. The van der Waals surface area contributed by atoms with Crippen molar-refractivity contribution in [1.29, 1.82) is 0 Å². The molecule has 0 radical (unpaired) electrons. The summed E-state index contributed by atoms with van der Waals surface area (Å²) in [6, 6.07) is 10.8. The summed E-state index contributed by atoms with van der Waals surface area (Å²) in [5, 5.41) is 2.92. The Morgan fingerprint density at radius 3 is 2.48 bits per heavy atom. The number of carbonyl (C=O) groups excluding carboxylic acids is 1. The molecule has 4 nitrogen and oxygen atoms in total. The molecule has 1 N–H and O–H groups in total. The lowest BCUT2D eigenvalue weighted by atomic mass is 10.1. The van der Waals surface area contributed by atoms with Crippen LogP contribution in [-0.4, -0.2) is 29.2 Å². The maximum Gasteiger partial charge on any atom is 0.408 e. The van der Waals surface area contributed by atoms with E-state index in [1.807, 2.05) is 33.8 Å². The number of rotatable bonds is 4. The van der Waals surface area contributed by atoms with E-state index in [9.17, 15) is 4.79 Å². The van der Waals surface area contributed by atoms with Gasteiger partial charge in [-0.05, 0) is 52.2 Å². The first kappa shape index (κ1) is 17.4. The van der Waals surface area contributed by atoms with E-state index < -0.39 is 5.60 Å². The highest BCUT2D eigenvalue weighted by Crippen LogP contribution is 2.27. The van der Waals surface area contributed by atoms with Gasteiger partial charge in [-0.1, -0.05) is 30.3 Å². The summed E-state index contributed by atoms with van der Waals surface area (Å²) >= 11 is 0. The van der Waals surface area contributed by atoms with Crippen molar-refractivity contribution in [3.8, 4) is 0 Å². The zero-order valence-corrected chi connectivity index (χ0v) is 14.8. The van der Waals surface area contributed by atoms with Crippen molar-refractivity contribution < 1.29 is 9.53 Å². The maximum absolute atomic E-state index is 11.9. The van der Waals surface area contributed by atoms with Crippen molar-refractivity contribution in [2.75, 3.05) is 6.54 Å². The highest BCUT2D eigenvalue weighted by atomic mass is 16.6. The number of carbonyl (C=O) groups is 1. The van der Waals surface area contributed by atoms with E-state index in [0.717, 1.165) is 13.0 Å². The lowest BCUT2D eigenvalue weighted by Gasteiger charge is -2.24. The van der Waals surface area contributed by atoms with Crippen molar-refractivity contribution in [2.24, 2.45) is 0 Å². The Hall–Kier alpha value is -1.97. The van der Waals surface area contributed by atoms with Gasteiger partial charge in [0.25, 0.3) is 0 Å². The van der Waals surface area contributed by atoms with Crippen molar-refractivity contribution in [3.05, 3.63) is 47.7 Å². The fraction of sp³-hybridized carbons (Fsp3) is 0.526. The average Bonchev–Trinajstić information content (AvgIpc) is 2.95. The second kappa shape index (κ2) is 7.07. The van der Waals surface area contributed by atoms with Crippen LogP contribution in [-0.2, 0) is 4.74 Å². The first-order chi connectivity index (χ1) is 10.8. The highest BCUT2D eigenvalue weighted by molar-refractivity contribution is 5.68. The van der Waals surface area contributed by atoms with Crippen LogP contribution in [0.25, 0.3) is 0 Å². The van der Waals surface area contributed by atoms with Gasteiger partial charge in [-0.25, -0.2) is 4.79 Å². The average molecular weight is 316 g/mol. The third-order valence-electron chi connectivity index (χ3n) is 4.06. The summed E-state index contributed by atoms with van der Waals surface area (Å²) in [5.41, 5.74) is 2.07. The molecular formula is C19H28N2O2. The molecule has 0 aliphatic carbocycles. The molecule has 2 rings (SSSR count). The zero-order valence-electron chi connectivity index (χ0n) is 14.8. The number of nitrogens with one attached hydrogen (secondary N) is 1. The summed E-state index contributed by atoms with van der Waals surface area (Å²) in [4.78, 5) is 14.2. The van der Waals surface area contributed by atoms with Gasteiger partial charge in [0.1, 0.15) is 5.60 Å². The third kappa shape index (κ3) is 5.02. The summed E-state index contributed by atoms with van der Waals surface area (Å²) < 4.78 is 5.32. The topological polar surface area (TPSA) is 41.6 Å². The number of amides is 1. The molecule has 0 spiro atoms. The van der Waals surface area contributed by atoms with Crippen LogP contribution in [0.3, 0.4) is 0 Å². The second-order valence-corrected chi connectivity index (χ2v) is 7.15. The van der Waals surface area contributed by atoms with Gasteiger partial charge < -0.3 is 15.0 Å². The molecule has 1 amide bonds. The molecule has 0 saturated heterocycles. The van der Waals surface area contributed by atoms with Gasteiger partial charge in [-0.15, -0.1) is 0 Å². The molecule has 1 aliphatic rings. The van der Waals surface area contributed by atoms with E-state index in [2.05, 4.69) is 47.6 Å². The van der Waals surface area contributed by atoms with Gasteiger partial charge in [-0.3, -0.25) is 0 Å². The van der Waals surface area contributed by atoms with E-state index in [0.29, 0.717) is 6.04 Å². The Balaban J connectivity index is 1.95. The molecule has 23 heavy (non-hydrogen) atoms. The first-order valence-electron chi connectivity index (χ1n) is 8.27. The van der Waals surface area contributed by atoms with Crippen LogP contribution in [0.5, 0.6) is 0 Å². The van der Waals surface area contributed by atoms with E-state index in [1.165, 1.54) is 11.1 Å². The van der Waals surface area contributed by atoms with Crippen molar-refractivity contribution in [3.63, 3.8) is 0 Å². The van der Waals surface area contributed by atoms with Crippen molar-refractivity contribution >= 4 is 6.09 Å². The number of hydrogen-bond acceptors (Lipinski definition) is 3. The zero-order chi connectivity index (χ0) is 17.0. The van der Waals surface area contributed by atoms with Gasteiger partial charge in [0.05, 0.1) is 12.1 Å². The van der Waals surface area contributed by atoms with Crippen LogP contribution in [0.1, 0.15) is 52.6 Å². The number of ether oxygens (including phenoxy) is 1. The highest BCUT2D eigenvalue weighted by Gasteiger charge is 2.24. The smallest absolute Gasteiger partial charge is 0.408 e. The molecular weight excluding hydrogens is 288 g/mol. The largest absolute Gasteiger partial charge is 0.444 e. The molecule has 0 bridgehead atoms. The maximum atomic E-state index is 11.9. The minimum atomic E-state index is -0.471. The lowest BCUT2D eigenvalue weighted by Crippen LogP contribution is -2.38. The summed E-state index contributed by atoms with van der Waals surface area (Å²) in [6.07, 6.45) is 2.79. The van der Waals surface area contributed by atoms with E-state index in [4.69, 9.17) is 4.74 Å². The van der Waals surface area contributed by atoms with Gasteiger partial charge >= 0.3 is 6.09 Å². The summed E-state index contributed by atoms with van der Waals surface area (Å²) in [5.74, 6) is 0. The van der Waals surface area contributed by atoms with Gasteiger partial charge in [0.2, 0.25) is 0 Å². The van der Waals surface area contributed by atoms with E-state index in [1.54, 1.807) is 0 Å². The molecule has 126 valence electrons. The molecule has 0 fully saturated rings. The van der Waals surface area contributed by atoms with Crippen LogP contribution >= 0.6 is 0 Å². The van der Waals surface area contributed by atoms with Crippen LogP contribution < -0.4 is 5.32 Å². The Morgan fingerprint density at radius 2 is 1.87 bits per heavy atom. The van der Waals surface area contributed by atoms with Gasteiger partial charge in [0.15, 0.2) is 0 Å². The lowest BCUT2D eigenvalue weighted by molar-refractivity contribution is 0.0515. The molecule has 4 heteroatoms. The second-order valence-electron chi connectivity index (χ2n) is 7.15. The summed E-state index contributed by atoms with van der Waals surface area (Å²) in [7, 11) is 0. The molecule has 1 heterocycles.